The molecule has 0 aromatic carbocycles. The van der Waals surface area contributed by atoms with Crippen LogP contribution in [0.1, 0.15) is 26.9 Å². The highest BCUT2D eigenvalue weighted by molar-refractivity contribution is 7.12. The van der Waals surface area contributed by atoms with Crippen molar-refractivity contribution in [1.29, 1.82) is 0 Å². The molecular formula is C17H18N2O4S. The van der Waals surface area contributed by atoms with Crippen LogP contribution in [-0.2, 0) is 9.53 Å². The van der Waals surface area contributed by atoms with Crippen LogP contribution in [0.15, 0.2) is 35.1 Å². The number of nitrogens with zero attached hydrogens (tertiary/aromatic N) is 2. The molecule has 1 aliphatic rings. The maximum absolute atomic E-state index is 12.5. The highest BCUT2D eigenvalue weighted by Crippen LogP contribution is 2.17. The highest BCUT2D eigenvalue weighted by atomic mass is 32.1. The fourth-order valence-electron chi connectivity index (χ4n) is 2.57. The minimum Gasteiger partial charge on any atom is -0.461 e. The van der Waals surface area contributed by atoms with E-state index in [2.05, 4.69) is 4.98 Å². The molecule has 0 bridgehead atoms. The molecule has 1 unspecified atom stereocenters. The summed E-state index contributed by atoms with van der Waals surface area (Å²) in [6.45, 7) is 3.22. The Labute approximate surface area is 143 Å². The highest BCUT2D eigenvalue weighted by Gasteiger charge is 2.29. The number of ether oxygens (including phenoxy) is 1. The number of hydrogen-bond acceptors (Lipinski definition) is 6. The van der Waals surface area contributed by atoms with E-state index in [4.69, 9.17) is 9.15 Å². The summed E-state index contributed by atoms with van der Waals surface area (Å²) in [6, 6.07) is 3.02. The average molecular weight is 346 g/mol. The van der Waals surface area contributed by atoms with E-state index in [1.54, 1.807) is 29.3 Å². The number of morpholine rings is 1. The van der Waals surface area contributed by atoms with Crippen molar-refractivity contribution in [3.05, 3.63) is 46.3 Å². The van der Waals surface area contributed by atoms with Gasteiger partial charge in [0.2, 0.25) is 5.91 Å². The predicted molar refractivity (Wildman–Crippen MR) is 89.9 cm³/mol. The lowest BCUT2D eigenvalue weighted by atomic mass is 10.1. The number of carbonyl (C=O) groups is 2. The number of amides is 1. The monoisotopic (exact) mass is 346 g/mol. The van der Waals surface area contributed by atoms with E-state index >= 15 is 0 Å². The van der Waals surface area contributed by atoms with E-state index in [0.717, 1.165) is 9.88 Å². The van der Waals surface area contributed by atoms with Crippen LogP contribution >= 0.6 is 11.3 Å². The van der Waals surface area contributed by atoms with Gasteiger partial charge in [-0.1, -0.05) is 0 Å². The van der Waals surface area contributed by atoms with Gasteiger partial charge in [0.15, 0.2) is 11.5 Å². The second-order valence-corrected chi connectivity index (χ2v) is 6.75. The van der Waals surface area contributed by atoms with Crippen molar-refractivity contribution in [3.8, 4) is 0 Å². The molecule has 6 nitrogen and oxygen atoms in total. The molecular weight excluding hydrogens is 328 g/mol. The number of aryl methyl sites for hydroxylation is 1. The Morgan fingerprint density at radius 3 is 3.08 bits per heavy atom. The van der Waals surface area contributed by atoms with Crippen molar-refractivity contribution < 1.29 is 18.7 Å². The number of aromatic nitrogens is 1. The fourth-order valence-corrected chi connectivity index (χ4v) is 3.26. The maximum Gasteiger partial charge on any atom is 0.247 e. The molecule has 24 heavy (non-hydrogen) atoms. The smallest absolute Gasteiger partial charge is 0.247 e. The lowest BCUT2D eigenvalue weighted by Gasteiger charge is -2.34. The summed E-state index contributed by atoms with van der Waals surface area (Å²) >= 11 is 1.53. The fraction of sp³-hybridized carbons (Fsp3) is 0.353. The van der Waals surface area contributed by atoms with Gasteiger partial charge in [0.05, 0.1) is 30.5 Å². The zero-order chi connectivity index (χ0) is 16.9. The minimum atomic E-state index is -0.281. The summed E-state index contributed by atoms with van der Waals surface area (Å²) in [5.41, 5.74) is 0. The second kappa shape index (κ2) is 7.55. The number of carbonyl (C=O) groups excluding carboxylic acids is 2. The zero-order valence-corrected chi connectivity index (χ0v) is 14.1. The van der Waals surface area contributed by atoms with Crippen LogP contribution in [0.25, 0.3) is 6.08 Å². The Kier molecular flexibility index (Phi) is 5.22. The Bertz CT molecular complexity index is 736. The number of hydrogen-bond donors (Lipinski definition) is 0. The average Bonchev–Trinajstić information content (AvgIpc) is 3.25. The molecule has 1 atom stereocenters. The zero-order valence-electron chi connectivity index (χ0n) is 13.3. The third kappa shape index (κ3) is 3.98. The van der Waals surface area contributed by atoms with Gasteiger partial charge in [0.25, 0.3) is 0 Å². The van der Waals surface area contributed by atoms with Crippen molar-refractivity contribution in [2.75, 3.05) is 19.8 Å². The quantitative estimate of drug-likeness (QED) is 0.614. The summed E-state index contributed by atoms with van der Waals surface area (Å²) in [4.78, 5) is 31.5. The molecule has 0 radical (unpaired) electrons. The van der Waals surface area contributed by atoms with Gasteiger partial charge in [-0.2, -0.15) is 0 Å². The van der Waals surface area contributed by atoms with Crippen molar-refractivity contribution in [1.82, 2.24) is 9.88 Å². The second-order valence-electron chi connectivity index (χ2n) is 5.48. The lowest BCUT2D eigenvalue weighted by Crippen LogP contribution is -2.49. The van der Waals surface area contributed by atoms with Crippen LogP contribution in [0.2, 0.25) is 0 Å². The van der Waals surface area contributed by atoms with E-state index in [-0.39, 0.29) is 24.2 Å². The van der Waals surface area contributed by atoms with Crippen molar-refractivity contribution >= 4 is 29.1 Å². The molecule has 7 heteroatoms. The number of furan rings is 1. The third-order valence-electron chi connectivity index (χ3n) is 3.76. The number of ketones is 1. The van der Waals surface area contributed by atoms with E-state index < -0.39 is 0 Å². The molecule has 126 valence electrons. The van der Waals surface area contributed by atoms with Gasteiger partial charge in [-0.05, 0) is 25.1 Å². The summed E-state index contributed by atoms with van der Waals surface area (Å²) in [7, 11) is 0. The van der Waals surface area contributed by atoms with Gasteiger partial charge in [0, 0.05) is 30.1 Å². The lowest BCUT2D eigenvalue weighted by molar-refractivity contribution is -0.134. The first-order chi connectivity index (χ1) is 11.6. The minimum absolute atomic E-state index is 0.124. The normalized spacial score (nSPS) is 18.2. The molecule has 1 fully saturated rings. The number of rotatable bonds is 5. The Hall–Kier alpha value is -2.25. The van der Waals surface area contributed by atoms with Crippen LogP contribution < -0.4 is 0 Å². The molecule has 3 heterocycles. The third-order valence-corrected chi connectivity index (χ3v) is 4.63. The van der Waals surface area contributed by atoms with E-state index in [0.29, 0.717) is 25.5 Å². The van der Waals surface area contributed by atoms with Crippen LogP contribution in [0.5, 0.6) is 0 Å². The molecule has 0 saturated carbocycles. The first kappa shape index (κ1) is 16.6. The van der Waals surface area contributed by atoms with Gasteiger partial charge in [0.1, 0.15) is 0 Å². The summed E-state index contributed by atoms with van der Waals surface area (Å²) in [5, 5.41) is 0.954. The van der Waals surface area contributed by atoms with E-state index in [9.17, 15) is 9.59 Å². The van der Waals surface area contributed by atoms with Crippen LogP contribution in [0.4, 0.5) is 0 Å². The molecule has 3 rings (SSSR count). The first-order valence-corrected chi connectivity index (χ1v) is 8.50. The van der Waals surface area contributed by atoms with E-state index in [1.165, 1.54) is 23.7 Å². The molecule has 0 spiro atoms. The molecule has 1 aliphatic heterocycles. The van der Waals surface area contributed by atoms with Gasteiger partial charge >= 0.3 is 0 Å². The maximum atomic E-state index is 12.5. The van der Waals surface area contributed by atoms with Gasteiger partial charge in [-0.25, -0.2) is 4.98 Å². The topological polar surface area (TPSA) is 72.6 Å². The molecule has 2 aromatic heterocycles. The largest absolute Gasteiger partial charge is 0.461 e. The number of thiazole rings is 1. The van der Waals surface area contributed by atoms with E-state index in [1.807, 2.05) is 6.92 Å². The van der Waals surface area contributed by atoms with Gasteiger partial charge in [-0.3, -0.25) is 9.59 Å². The standard InChI is InChI=1S/C17H18N2O4S/c1-12-18-10-14(24-12)4-5-17(21)19-6-8-22-11-13(19)9-15(20)16-3-2-7-23-16/h2-5,7,10,13H,6,8-9,11H2,1H3/b5-4+. The first-order valence-electron chi connectivity index (χ1n) is 7.69. The summed E-state index contributed by atoms with van der Waals surface area (Å²) < 4.78 is 10.6. The van der Waals surface area contributed by atoms with Crippen molar-refractivity contribution in [2.24, 2.45) is 0 Å². The van der Waals surface area contributed by atoms with Crippen LogP contribution in [0.3, 0.4) is 0 Å². The number of Topliss-reactive ketones (excluding diaryl/α,β-unsaturated/α-hetero) is 1. The summed E-state index contributed by atoms with van der Waals surface area (Å²) in [6.07, 6.45) is 6.68. The van der Waals surface area contributed by atoms with Crippen molar-refractivity contribution in [2.45, 2.75) is 19.4 Å². The van der Waals surface area contributed by atoms with Crippen LogP contribution in [-0.4, -0.2) is 47.4 Å². The Balaban J connectivity index is 1.66. The van der Waals surface area contributed by atoms with Gasteiger partial charge < -0.3 is 14.1 Å². The molecule has 1 saturated heterocycles. The predicted octanol–water partition coefficient (Wildman–Crippen LogP) is 2.56. The Morgan fingerprint density at radius 2 is 2.38 bits per heavy atom. The van der Waals surface area contributed by atoms with Crippen LogP contribution in [0, 0.1) is 6.92 Å². The van der Waals surface area contributed by atoms with Crippen molar-refractivity contribution in [3.63, 3.8) is 0 Å². The summed E-state index contributed by atoms with van der Waals surface area (Å²) in [5.74, 6) is 0.0561. The molecule has 0 aliphatic carbocycles. The molecule has 0 N–H and O–H groups in total. The Morgan fingerprint density at radius 1 is 1.50 bits per heavy atom. The molecule has 2 aromatic rings. The molecule has 1 amide bonds. The van der Waals surface area contributed by atoms with Gasteiger partial charge in [-0.15, -0.1) is 11.3 Å². The SMILES string of the molecule is Cc1ncc(/C=C/C(=O)N2CCOCC2CC(=O)c2ccco2)s1.